The highest BCUT2D eigenvalue weighted by molar-refractivity contribution is 6.33. The van der Waals surface area contributed by atoms with E-state index in [1.807, 2.05) is 31.2 Å². The van der Waals surface area contributed by atoms with Crippen LogP contribution in [0.1, 0.15) is 62.3 Å². The molecule has 2 atom stereocenters. The van der Waals surface area contributed by atoms with E-state index in [-0.39, 0.29) is 16.8 Å². The minimum atomic E-state index is -4.51. The van der Waals surface area contributed by atoms with Crippen molar-refractivity contribution in [2.75, 3.05) is 5.32 Å². The molecule has 3 nitrogen and oxygen atoms in total. The first-order chi connectivity index (χ1) is 13.2. The number of carbonyl (C=O) groups excluding carboxylic acids is 1. The van der Waals surface area contributed by atoms with Crippen molar-refractivity contribution in [2.24, 2.45) is 0 Å². The summed E-state index contributed by atoms with van der Waals surface area (Å²) < 4.78 is 38.6. The number of hydrogen-bond acceptors (Lipinski definition) is 1. The van der Waals surface area contributed by atoms with Crippen molar-refractivity contribution in [3.05, 3.63) is 64.2 Å². The molecule has 0 aliphatic carbocycles. The fourth-order valence-electron chi connectivity index (χ4n) is 2.83. The van der Waals surface area contributed by atoms with E-state index in [0.29, 0.717) is 12.3 Å². The van der Waals surface area contributed by atoms with Crippen molar-refractivity contribution < 1.29 is 18.0 Å². The Hall–Kier alpha value is -2.21. The number of hydrogen-bond donors (Lipinski definition) is 2. The monoisotopic (exact) mass is 412 g/mol. The van der Waals surface area contributed by atoms with Gasteiger partial charge in [0.15, 0.2) is 0 Å². The third-order valence-corrected chi connectivity index (χ3v) is 5.11. The SMILES string of the molecule is CC[C@H](NC(=O)Nc1cc(C(F)(F)F)ccc1Cl)c1ccc([C@@H](C)CC)cc1. The van der Waals surface area contributed by atoms with E-state index in [9.17, 15) is 18.0 Å². The maximum atomic E-state index is 12.9. The molecule has 0 radical (unpaired) electrons. The largest absolute Gasteiger partial charge is 0.416 e. The van der Waals surface area contributed by atoms with Crippen LogP contribution in [0, 0.1) is 0 Å². The van der Waals surface area contributed by atoms with Crippen LogP contribution in [0.2, 0.25) is 5.02 Å². The van der Waals surface area contributed by atoms with Gasteiger partial charge in [-0.25, -0.2) is 4.79 Å². The zero-order chi connectivity index (χ0) is 20.9. The molecule has 2 N–H and O–H groups in total. The highest BCUT2D eigenvalue weighted by atomic mass is 35.5. The Morgan fingerprint density at radius 2 is 1.64 bits per heavy atom. The lowest BCUT2D eigenvalue weighted by atomic mass is 9.95. The molecule has 0 heterocycles. The molecule has 0 fully saturated rings. The second-order valence-corrected chi connectivity index (χ2v) is 7.13. The van der Waals surface area contributed by atoms with Crippen molar-refractivity contribution in [3.8, 4) is 0 Å². The Morgan fingerprint density at radius 3 is 2.18 bits per heavy atom. The van der Waals surface area contributed by atoms with Gasteiger partial charge in [0.05, 0.1) is 22.3 Å². The van der Waals surface area contributed by atoms with Crippen LogP contribution in [0.5, 0.6) is 0 Å². The van der Waals surface area contributed by atoms with Crippen LogP contribution >= 0.6 is 11.6 Å². The summed E-state index contributed by atoms with van der Waals surface area (Å²) in [5, 5.41) is 5.24. The van der Waals surface area contributed by atoms with Gasteiger partial charge in [-0.3, -0.25) is 0 Å². The molecule has 7 heteroatoms. The van der Waals surface area contributed by atoms with Gasteiger partial charge < -0.3 is 10.6 Å². The van der Waals surface area contributed by atoms with Gasteiger partial charge in [0.25, 0.3) is 0 Å². The Kier molecular flexibility index (Phi) is 7.35. The van der Waals surface area contributed by atoms with E-state index in [2.05, 4.69) is 24.5 Å². The number of anilines is 1. The van der Waals surface area contributed by atoms with E-state index >= 15 is 0 Å². The van der Waals surface area contributed by atoms with E-state index in [1.54, 1.807) is 0 Å². The van der Waals surface area contributed by atoms with Gasteiger partial charge in [-0.15, -0.1) is 0 Å². The van der Waals surface area contributed by atoms with E-state index in [0.717, 1.165) is 30.2 Å². The van der Waals surface area contributed by atoms with E-state index in [4.69, 9.17) is 11.6 Å². The number of carbonyl (C=O) groups is 1. The molecule has 28 heavy (non-hydrogen) atoms. The molecule has 0 bridgehead atoms. The fourth-order valence-corrected chi connectivity index (χ4v) is 2.99. The summed E-state index contributed by atoms with van der Waals surface area (Å²) in [5.74, 6) is 0.452. The summed E-state index contributed by atoms with van der Waals surface area (Å²) in [5.41, 5.74) is 1.19. The standard InChI is InChI=1S/C21H24ClF3N2O/c1-4-13(3)14-6-8-15(9-7-14)18(5-2)26-20(28)27-19-12-16(21(23,24)25)10-11-17(19)22/h6-13,18H,4-5H2,1-3H3,(H2,26,27,28)/t13-,18-/m0/s1. The van der Waals surface area contributed by atoms with Crippen LogP contribution in [0.15, 0.2) is 42.5 Å². The molecule has 0 aliphatic rings. The van der Waals surface area contributed by atoms with Crippen LogP contribution in [0.25, 0.3) is 0 Å². The summed E-state index contributed by atoms with van der Waals surface area (Å²) in [6, 6.07) is 9.94. The van der Waals surface area contributed by atoms with Gasteiger partial charge in [0.2, 0.25) is 0 Å². The molecule has 2 aromatic carbocycles. The van der Waals surface area contributed by atoms with Gasteiger partial charge in [0, 0.05) is 0 Å². The second kappa shape index (κ2) is 9.32. The van der Waals surface area contributed by atoms with E-state index in [1.165, 1.54) is 5.56 Å². The van der Waals surface area contributed by atoms with Crippen LogP contribution in [-0.4, -0.2) is 6.03 Å². The summed E-state index contributed by atoms with van der Waals surface area (Å²) in [4.78, 5) is 12.3. The highest BCUT2D eigenvalue weighted by Gasteiger charge is 2.31. The molecule has 0 unspecified atom stereocenters. The normalized spacial score (nSPS) is 13.7. The molecule has 0 saturated heterocycles. The predicted octanol–water partition coefficient (Wildman–Crippen LogP) is 7.15. The number of urea groups is 1. The fraction of sp³-hybridized carbons (Fsp3) is 0.381. The summed E-state index contributed by atoms with van der Waals surface area (Å²) in [6.45, 7) is 6.19. The smallest absolute Gasteiger partial charge is 0.331 e. The third kappa shape index (κ3) is 5.64. The molecule has 0 aromatic heterocycles. The van der Waals surface area contributed by atoms with Crippen LogP contribution in [0.4, 0.5) is 23.7 Å². The lowest BCUT2D eigenvalue weighted by Crippen LogP contribution is -2.32. The molecule has 0 saturated carbocycles. The maximum absolute atomic E-state index is 12.9. The average molecular weight is 413 g/mol. The topological polar surface area (TPSA) is 41.1 Å². The predicted molar refractivity (Wildman–Crippen MR) is 107 cm³/mol. The average Bonchev–Trinajstić information content (AvgIpc) is 2.66. The Labute approximate surface area is 168 Å². The number of benzene rings is 2. The maximum Gasteiger partial charge on any atom is 0.416 e. The summed E-state index contributed by atoms with van der Waals surface area (Å²) >= 11 is 5.93. The number of rotatable bonds is 6. The zero-order valence-corrected chi connectivity index (χ0v) is 16.8. The lowest BCUT2D eigenvalue weighted by molar-refractivity contribution is -0.137. The molecule has 2 amide bonds. The second-order valence-electron chi connectivity index (χ2n) is 6.73. The molecular formula is C21H24ClF3N2O. The summed E-state index contributed by atoms with van der Waals surface area (Å²) in [7, 11) is 0. The third-order valence-electron chi connectivity index (χ3n) is 4.78. The molecule has 0 aliphatic heterocycles. The number of amides is 2. The molecule has 152 valence electrons. The van der Waals surface area contributed by atoms with Crippen molar-refractivity contribution in [2.45, 2.75) is 51.7 Å². The molecular weight excluding hydrogens is 389 g/mol. The molecule has 2 rings (SSSR count). The van der Waals surface area contributed by atoms with Crippen molar-refractivity contribution >= 4 is 23.3 Å². The first-order valence-corrected chi connectivity index (χ1v) is 9.57. The molecule has 2 aromatic rings. The zero-order valence-electron chi connectivity index (χ0n) is 16.0. The van der Waals surface area contributed by atoms with Gasteiger partial charge in [0.1, 0.15) is 0 Å². The van der Waals surface area contributed by atoms with Gasteiger partial charge in [-0.1, -0.05) is 56.6 Å². The van der Waals surface area contributed by atoms with Crippen molar-refractivity contribution in [1.82, 2.24) is 5.32 Å². The summed E-state index contributed by atoms with van der Waals surface area (Å²) in [6.07, 6.45) is -2.85. The minimum absolute atomic E-state index is 0.0362. The Morgan fingerprint density at radius 1 is 1.04 bits per heavy atom. The number of nitrogens with one attached hydrogen (secondary N) is 2. The van der Waals surface area contributed by atoms with Crippen LogP contribution in [0.3, 0.4) is 0 Å². The van der Waals surface area contributed by atoms with Gasteiger partial charge in [-0.05, 0) is 48.1 Å². The van der Waals surface area contributed by atoms with Crippen molar-refractivity contribution in [3.63, 3.8) is 0 Å². The molecule has 0 spiro atoms. The first-order valence-electron chi connectivity index (χ1n) is 9.19. The number of halogens is 4. The quantitative estimate of drug-likeness (QED) is 0.519. The minimum Gasteiger partial charge on any atom is -0.331 e. The van der Waals surface area contributed by atoms with Gasteiger partial charge in [-0.2, -0.15) is 13.2 Å². The Balaban J connectivity index is 2.10. The highest BCUT2D eigenvalue weighted by Crippen LogP contribution is 2.34. The van der Waals surface area contributed by atoms with Crippen LogP contribution in [-0.2, 0) is 6.18 Å². The van der Waals surface area contributed by atoms with Crippen molar-refractivity contribution in [1.29, 1.82) is 0 Å². The lowest BCUT2D eigenvalue weighted by Gasteiger charge is -2.20. The number of alkyl halides is 3. The van der Waals surface area contributed by atoms with Crippen LogP contribution < -0.4 is 10.6 Å². The first kappa shape index (κ1) is 22.1. The van der Waals surface area contributed by atoms with E-state index < -0.39 is 17.8 Å². The van der Waals surface area contributed by atoms with Gasteiger partial charge >= 0.3 is 12.2 Å². The Bertz CT molecular complexity index is 806.